The molecule has 2 amide bonds. The fourth-order valence-corrected chi connectivity index (χ4v) is 5.41. The van der Waals surface area contributed by atoms with Gasteiger partial charge in [-0.1, -0.05) is 46.9 Å². The molecule has 0 saturated heterocycles. The van der Waals surface area contributed by atoms with Crippen molar-refractivity contribution in [2.45, 2.75) is 39.6 Å². The smallest absolute Gasteiger partial charge is 0.337 e. The number of nitrogens with zero attached hydrogens (tertiary/aromatic N) is 1. The van der Waals surface area contributed by atoms with E-state index in [2.05, 4.69) is 21.2 Å². The van der Waals surface area contributed by atoms with Crippen LogP contribution in [0.1, 0.15) is 43.5 Å². The summed E-state index contributed by atoms with van der Waals surface area (Å²) in [5.41, 5.74) is 5.11. The van der Waals surface area contributed by atoms with Gasteiger partial charge in [-0.2, -0.15) is 5.10 Å². The van der Waals surface area contributed by atoms with E-state index in [0.29, 0.717) is 63.1 Å². The maximum atomic E-state index is 12.5. The highest BCUT2D eigenvalue weighted by atomic mass is 35.5. The van der Waals surface area contributed by atoms with E-state index in [0.717, 1.165) is 5.56 Å². The molecule has 3 aromatic rings. The van der Waals surface area contributed by atoms with Gasteiger partial charge in [0.2, 0.25) is 0 Å². The Labute approximate surface area is 292 Å². The molecule has 4 N–H and O–H groups in total. The Kier molecular flexibility index (Phi) is 13.0. The number of hydrogen-bond acceptors (Lipinski definition) is 10. The Morgan fingerprint density at radius 2 is 1.73 bits per heavy atom. The Hall–Kier alpha value is -4.36. The average molecular weight is 722 g/mol. The third-order valence-corrected chi connectivity index (χ3v) is 7.70. The molecule has 0 fully saturated rings. The maximum absolute atomic E-state index is 12.5. The second-order valence-electron chi connectivity index (χ2n) is 10.2. The Bertz CT molecular complexity index is 1700. The number of aliphatic hydroxyl groups excluding tert-OH is 1. The van der Waals surface area contributed by atoms with Crippen LogP contribution in [0.3, 0.4) is 0 Å². The molecule has 0 radical (unpaired) electrons. The van der Waals surface area contributed by atoms with Gasteiger partial charge in [-0.05, 0) is 68.3 Å². The van der Waals surface area contributed by atoms with E-state index in [1.54, 1.807) is 62.4 Å². The van der Waals surface area contributed by atoms with Gasteiger partial charge < -0.3 is 39.4 Å². The number of rotatable bonds is 15. The van der Waals surface area contributed by atoms with Crippen molar-refractivity contribution in [1.29, 1.82) is 0 Å². The van der Waals surface area contributed by atoms with Crippen molar-refractivity contribution < 1.29 is 38.4 Å². The second kappa shape index (κ2) is 17.2. The Balaban J connectivity index is 1.40. The SMILES string of the molecule is CCOc1cc([C@@H]2NC(=O)NC(C)=C2C(=O)OC)ccc1OC[C@@H](O)N/N=C\c1cc(Cl)c(OCc2ccc(Cl)cc2Cl)c(OCC)c1. The van der Waals surface area contributed by atoms with E-state index in [4.69, 9.17) is 58.5 Å². The van der Waals surface area contributed by atoms with Gasteiger partial charge in [-0.15, -0.1) is 0 Å². The Morgan fingerprint density at radius 3 is 2.44 bits per heavy atom. The van der Waals surface area contributed by atoms with Crippen LogP contribution in [-0.4, -0.2) is 56.5 Å². The summed E-state index contributed by atoms with van der Waals surface area (Å²) in [6.07, 6.45) is 0.253. The standard InChI is InChI=1S/C33H35Cl3N4O8/c1-5-45-26-13-20(30-29(32(42)44-4)18(3)38-33(43)39-30)8-10-25(26)47-17-28(41)40-37-15-19-11-24(36)31(27(12-19)46-6-2)48-16-21-7-9-22(34)14-23(21)35/h7-15,28,30,40-41H,5-6,16-17H2,1-4H3,(H2,38,39,43)/b37-15-/t28-,30+/m1/s1. The lowest BCUT2D eigenvalue weighted by Crippen LogP contribution is -2.45. The number of amides is 2. The molecule has 3 aromatic carbocycles. The van der Waals surface area contributed by atoms with Crippen molar-refractivity contribution >= 4 is 53.0 Å². The van der Waals surface area contributed by atoms with Gasteiger partial charge in [0, 0.05) is 21.3 Å². The quantitative estimate of drug-likeness (QED) is 0.0628. The normalized spacial score (nSPS) is 15.0. The number of hydrogen-bond donors (Lipinski definition) is 4. The number of aliphatic hydroxyl groups is 1. The van der Waals surface area contributed by atoms with Crippen molar-refractivity contribution in [3.05, 3.63) is 91.6 Å². The number of nitrogens with one attached hydrogen (secondary N) is 3. The summed E-state index contributed by atoms with van der Waals surface area (Å²) in [6, 6.07) is 12.2. The number of esters is 1. The molecule has 12 nitrogen and oxygen atoms in total. The van der Waals surface area contributed by atoms with Crippen LogP contribution in [-0.2, 0) is 16.1 Å². The number of methoxy groups -OCH3 is 1. The first kappa shape index (κ1) is 36.5. The van der Waals surface area contributed by atoms with Gasteiger partial charge in [0.25, 0.3) is 0 Å². The fraction of sp³-hybridized carbons (Fsp3) is 0.303. The van der Waals surface area contributed by atoms with Gasteiger partial charge in [0.1, 0.15) is 13.2 Å². The number of allylic oxidation sites excluding steroid dienone is 1. The molecular formula is C33H35Cl3N4O8. The molecule has 4 rings (SSSR count). The predicted molar refractivity (Wildman–Crippen MR) is 182 cm³/mol. The number of urea groups is 1. The third kappa shape index (κ3) is 9.38. The van der Waals surface area contributed by atoms with Crippen molar-refractivity contribution in [3.8, 4) is 23.0 Å². The van der Waals surface area contributed by atoms with Crippen LogP contribution < -0.4 is 35.0 Å². The summed E-state index contributed by atoms with van der Waals surface area (Å²) >= 11 is 18.8. The van der Waals surface area contributed by atoms with Crippen LogP contribution in [0.4, 0.5) is 4.79 Å². The summed E-state index contributed by atoms with van der Waals surface area (Å²) < 4.78 is 28.2. The molecule has 1 aliphatic heterocycles. The van der Waals surface area contributed by atoms with Crippen LogP contribution in [0.2, 0.25) is 15.1 Å². The molecule has 15 heteroatoms. The molecule has 0 unspecified atom stereocenters. The minimum absolute atomic E-state index is 0.143. The second-order valence-corrected chi connectivity index (χ2v) is 11.5. The topological polar surface area (TPSA) is 149 Å². The maximum Gasteiger partial charge on any atom is 0.337 e. The summed E-state index contributed by atoms with van der Waals surface area (Å²) in [4.78, 5) is 24.7. The first-order chi connectivity index (χ1) is 23.0. The minimum Gasteiger partial charge on any atom is -0.490 e. The summed E-state index contributed by atoms with van der Waals surface area (Å²) in [7, 11) is 1.27. The van der Waals surface area contributed by atoms with Crippen LogP contribution in [0, 0.1) is 0 Å². The summed E-state index contributed by atoms with van der Waals surface area (Å²) in [5.74, 6) is 0.835. The van der Waals surface area contributed by atoms with Crippen molar-refractivity contribution in [1.82, 2.24) is 16.1 Å². The Morgan fingerprint density at radius 1 is 0.979 bits per heavy atom. The molecule has 48 heavy (non-hydrogen) atoms. The van der Waals surface area contributed by atoms with E-state index in [1.807, 2.05) is 6.92 Å². The molecule has 1 aliphatic rings. The predicted octanol–water partition coefficient (Wildman–Crippen LogP) is 6.15. The van der Waals surface area contributed by atoms with Crippen LogP contribution in [0.5, 0.6) is 23.0 Å². The fourth-order valence-electron chi connectivity index (χ4n) is 4.67. The van der Waals surface area contributed by atoms with Gasteiger partial charge in [-0.3, -0.25) is 5.43 Å². The number of carbonyl (C=O) groups is 2. The number of hydrazone groups is 1. The first-order valence-electron chi connectivity index (χ1n) is 14.8. The molecule has 0 aromatic heterocycles. The largest absolute Gasteiger partial charge is 0.490 e. The van der Waals surface area contributed by atoms with Crippen LogP contribution >= 0.6 is 34.8 Å². The highest BCUT2D eigenvalue weighted by molar-refractivity contribution is 6.35. The molecule has 1 heterocycles. The number of carbonyl (C=O) groups excluding carboxylic acids is 2. The minimum atomic E-state index is -1.20. The van der Waals surface area contributed by atoms with Crippen molar-refractivity contribution in [2.24, 2.45) is 5.10 Å². The van der Waals surface area contributed by atoms with Crippen molar-refractivity contribution in [2.75, 3.05) is 26.9 Å². The molecule has 0 spiro atoms. The zero-order valence-electron chi connectivity index (χ0n) is 26.6. The van der Waals surface area contributed by atoms with E-state index in [9.17, 15) is 14.7 Å². The monoisotopic (exact) mass is 720 g/mol. The molecule has 0 bridgehead atoms. The summed E-state index contributed by atoms with van der Waals surface area (Å²) in [5, 5.41) is 21.2. The lowest BCUT2D eigenvalue weighted by molar-refractivity contribution is -0.136. The first-order valence-corrected chi connectivity index (χ1v) is 15.9. The molecule has 0 aliphatic carbocycles. The highest BCUT2D eigenvalue weighted by Crippen LogP contribution is 2.38. The lowest BCUT2D eigenvalue weighted by atomic mass is 9.95. The average Bonchev–Trinajstić information content (AvgIpc) is 3.04. The third-order valence-electron chi connectivity index (χ3n) is 6.83. The van der Waals surface area contributed by atoms with Gasteiger partial charge in [0.05, 0.1) is 43.2 Å². The molecule has 256 valence electrons. The molecular weight excluding hydrogens is 687 g/mol. The molecule has 0 saturated carbocycles. The van der Waals surface area contributed by atoms with E-state index in [-0.39, 0.29) is 23.8 Å². The van der Waals surface area contributed by atoms with E-state index in [1.165, 1.54) is 13.3 Å². The van der Waals surface area contributed by atoms with Gasteiger partial charge in [0.15, 0.2) is 29.2 Å². The van der Waals surface area contributed by atoms with Crippen LogP contribution in [0.15, 0.2) is 64.9 Å². The number of ether oxygens (including phenoxy) is 5. The number of halogens is 3. The summed E-state index contributed by atoms with van der Waals surface area (Å²) in [6.45, 7) is 5.88. The van der Waals surface area contributed by atoms with E-state index >= 15 is 0 Å². The van der Waals surface area contributed by atoms with Gasteiger partial charge in [-0.25, -0.2) is 9.59 Å². The number of benzene rings is 3. The molecule has 2 atom stereocenters. The zero-order chi connectivity index (χ0) is 34.8. The lowest BCUT2D eigenvalue weighted by Gasteiger charge is -2.28. The van der Waals surface area contributed by atoms with E-state index < -0.39 is 24.3 Å². The van der Waals surface area contributed by atoms with Crippen molar-refractivity contribution in [3.63, 3.8) is 0 Å². The highest BCUT2D eigenvalue weighted by Gasteiger charge is 2.32. The zero-order valence-corrected chi connectivity index (χ0v) is 28.8. The van der Waals surface area contributed by atoms with Crippen LogP contribution in [0.25, 0.3) is 0 Å². The van der Waals surface area contributed by atoms with Gasteiger partial charge >= 0.3 is 12.0 Å².